The van der Waals surface area contributed by atoms with Crippen LogP contribution in [0.4, 0.5) is 5.69 Å². The van der Waals surface area contributed by atoms with Gasteiger partial charge in [-0.05, 0) is 56.4 Å². The highest BCUT2D eigenvalue weighted by Gasteiger charge is 2.37. The molecule has 2 amide bonds. The number of benzene rings is 1. The van der Waals surface area contributed by atoms with Crippen molar-refractivity contribution in [1.29, 1.82) is 0 Å². The topological polar surface area (TPSA) is 100 Å². The third-order valence-corrected chi connectivity index (χ3v) is 6.06. The van der Waals surface area contributed by atoms with Crippen molar-refractivity contribution in [3.8, 4) is 0 Å². The molecule has 2 aromatic rings. The molecule has 148 valence electrons. The minimum absolute atomic E-state index is 0.000642. The molecule has 1 N–H and O–H groups in total. The molecule has 1 saturated heterocycles. The molecule has 2 unspecified atom stereocenters. The minimum atomic E-state index is -0.585. The molecule has 2 aliphatic heterocycles. The van der Waals surface area contributed by atoms with E-state index in [4.69, 9.17) is 28.3 Å². The van der Waals surface area contributed by atoms with Crippen LogP contribution < -0.4 is 10.2 Å². The van der Waals surface area contributed by atoms with Gasteiger partial charge in [0.1, 0.15) is 10.8 Å². The van der Waals surface area contributed by atoms with Gasteiger partial charge in [0.15, 0.2) is 10.9 Å². The molecule has 29 heavy (non-hydrogen) atoms. The predicted octanol–water partition coefficient (Wildman–Crippen LogP) is 4.01. The Bertz CT molecular complexity index is 1080. The molecule has 2 aliphatic rings. The minimum Gasteiger partial charge on any atom is -0.359 e. The lowest BCUT2D eigenvalue weighted by Crippen LogP contribution is -2.54. The SMILES string of the molecule is Cc1noc(C2SN=NC2C)c1C=C1C(=O)NC(=S)N(c2ccc(Cl)cc2)C1=O. The normalized spacial score (nSPS) is 23.2. The van der Waals surface area contributed by atoms with Crippen LogP contribution in [-0.4, -0.2) is 28.1 Å². The predicted molar refractivity (Wildman–Crippen MR) is 114 cm³/mol. The Morgan fingerprint density at radius 3 is 2.69 bits per heavy atom. The van der Waals surface area contributed by atoms with E-state index in [9.17, 15) is 9.59 Å². The Morgan fingerprint density at radius 2 is 2.03 bits per heavy atom. The van der Waals surface area contributed by atoms with E-state index in [-0.39, 0.29) is 22.0 Å². The average Bonchev–Trinajstić information content (AvgIpc) is 3.25. The largest absolute Gasteiger partial charge is 0.359 e. The number of carbonyl (C=O) groups is 2. The molecule has 0 bridgehead atoms. The Balaban J connectivity index is 1.74. The average molecular weight is 448 g/mol. The van der Waals surface area contributed by atoms with Crippen LogP contribution in [0.3, 0.4) is 0 Å². The van der Waals surface area contributed by atoms with Crippen molar-refractivity contribution in [2.45, 2.75) is 25.1 Å². The zero-order valence-corrected chi connectivity index (χ0v) is 17.6. The summed E-state index contributed by atoms with van der Waals surface area (Å²) < 4.78 is 9.44. The van der Waals surface area contributed by atoms with Crippen LogP contribution in [0.25, 0.3) is 6.08 Å². The molecule has 1 fully saturated rings. The van der Waals surface area contributed by atoms with Crippen LogP contribution in [0, 0.1) is 6.92 Å². The molecule has 2 atom stereocenters. The summed E-state index contributed by atoms with van der Waals surface area (Å²) in [6, 6.07) is 6.47. The van der Waals surface area contributed by atoms with Crippen molar-refractivity contribution in [3.63, 3.8) is 0 Å². The molecular weight excluding hydrogens is 434 g/mol. The van der Waals surface area contributed by atoms with Crippen molar-refractivity contribution < 1.29 is 14.1 Å². The number of amides is 2. The summed E-state index contributed by atoms with van der Waals surface area (Å²) in [5.74, 6) is -0.614. The van der Waals surface area contributed by atoms with Gasteiger partial charge in [0.05, 0.1) is 17.4 Å². The Labute approximate surface area is 180 Å². The summed E-state index contributed by atoms with van der Waals surface area (Å²) in [5, 5.41) is 11.0. The maximum absolute atomic E-state index is 13.1. The number of anilines is 1. The molecule has 11 heteroatoms. The summed E-state index contributed by atoms with van der Waals surface area (Å²) in [5.41, 5.74) is 1.53. The fraction of sp³-hybridized carbons (Fsp3) is 0.222. The van der Waals surface area contributed by atoms with Gasteiger partial charge in [-0.3, -0.25) is 19.8 Å². The van der Waals surface area contributed by atoms with E-state index in [0.29, 0.717) is 27.7 Å². The number of nitrogens with zero attached hydrogens (tertiary/aromatic N) is 4. The van der Waals surface area contributed by atoms with Crippen LogP contribution in [-0.2, 0) is 9.59 Å². The zero-order valence-electron chi connectivity index (χ0n) is 15.2. The summed E-state index contributed by atoms with van der Waals surface area (Å²) >= 11 is 12.4. The van der Waals surface area contributed by atoms with Gasteiger partial charge in [-0.1, -0.05) is 16.8 Å². The van der Waals surface area contributed by atoms with Crippen LogP contribution in [0.5, 0.6) is 0 Å². The number of nitrogens with one attached hydrogen (secondary N) is 1. The van der Waals surface area contributed by atoms with Crippen molar-refractivity contribution >= 4 is 64.5 Å². The third-order valence-electron chi connectivity index (χ3n) is 4.50. The molecule has 0 radical (unpaired) electrons. The lowest BCUT2D eigenvalue weighted by Gasteiger charge is -2.29. The molecular formula is C18H14ClN5O3S2. The lowest BCUT2D eigenvalue weighted by molar-refractivity contribution is -0.122. The van der Waals surface area contributed by atoms with Gasteiger partial charge in [0, 0.05) is 22.5 Å². The van der Waals surface area contributed by atoms with Crippen LogP contribution >= 0.6 is 35.8 Å². The van der Waals surface area contributed by atoms with Crippen molar-refractivity contribution in [2.24, 2.45) is 9.63 Å². The number of hydrogen-bond acceptors (Lipinski definition) is 8. The first-order valence-electron chi connectivity index (χ1n) is 8.56. The standard InChI is InChI=1S/C18H14ClN5O3S2/c1-8-12(14(27-22-8)15-9(2)21-23-29-15)7-13-16(25)20-18(28)24(17(13)26)11-5-3-10(19)4-6-11/h3-7,9,15H,1-2H3,(H,20,25,28). The molecule has 0 aliphatic carbocycles. The van der Waals surface area contributed by atoms with E-state index >= 15 is 0 Å². The fourth-order valence-corrected chi connectivity index (χ4v) is 4.18. The highest BCUT2D eigenvalue weighted by molar-refractivity contribution is 7.98. The van der Waals surface area contributed by atoms with Crippen molar-refractivity contribution in [3.05, 3.63) is 51.9 Å². The second-order valence-electron chi connectivity index (χ2n) is 6.44. The Morgan fingerprint density at radius 1 is 1.31 bits per heavy atom. The van der Waals surface area contributed by atoms with Gasteiger partial charge in [-0.25, -0.2) is 0 Å². The number of hydrogen-bond donors (Lipinski definition) is 1. The number of aromatic nitrogens is 1. The second kappa shape index (κ2) is 7.69. The Hall–Kier alpha value is -2.56. The first-order valence-corrected chi connectivity index (χ1v) is 10.2. The van der Waals surface area contributed by atoms with Crippen molar-refractivity contribution in [2.75, 3.05) is 4.90 Å². The summed E-state index contributed by atoms with van der Waals surface area (Å²) in [4.78, 5) is 27.0. The van der Waals surface area contributed by atoms with Crippen LogP contribution in [0.1, 0.15) is 29.2 Å². The molecule has 1 aromatic heterocycles. The van der Waals surface area contributed by atoms with Gasteiger partial charge < -0.3 is 4.52 Å². The molecule has 3 heterocycles. The van der Waals surface area contributed by atoms with E-state index in [1.807, 2.05) is 6.92 Å². The number of aryl methyl sites for hydroxylation is 1. The lowest BCUT2D eigenvalue weighted by atomic mass is 10.0. The van der Waals surface area contributed by atoms with Gasteiger partial charge >= 0.3 is 0 Å². The number of rotatable bonds is 3. The van der Waals surface area contributed by atoms with Gasteiger partial charge in [-0.15, -0.1) is 4.52 Å². The van der Waals surface area contributed by atoms with E-state index in [1.165, 1.54) is 22.9 Å². The number of thiocarbonyl (C=S) groups is 1. The smallest absolute Gasteiger partial charge is 0.270 e. The summed E-state index contributed by atoms with van der Waals surface area (Å²) in [6.07, 6.45) is 1.48. The van der Waals surface area contributed by atoms with Gasteiger partial charge in [-0.2, -0.15) is 5.11 Å². The fourth-order valence-electron chi connectivity index (χ4n) is 2.97. The van der Waals surface area contributed by atoms with E-state index in [0.717, 1.165) is 0 Å². The molecule has 1 aromatic carbocycles. The zero-order chi connectivity index (χ0) is 20.7. The maximum atomic E-state index is 13.1. The summed E-state index contributed by atoms with van der Waals surface area (Å²) in [6.45, 7) is 3.65. The molecule has 8 nitrogen and oxygen atoms in total. The van der Waals surface area contributed by atoms with E-state index in [2.05, 4.69) is 20.1 Å². The van der Waals surface area contributed by atoms with Crippen LogP contribution in [0.15, 0.2) is 44.0 Å². The third kappa shape index (κ3) is 3.59. The van der Waals surface area contributed by atoms with Crippen molar-refractivity contribution in [1.82, 2.24) is 10.5 Å². The highest BCUT2D eigenvalue weighted by Crippen LogP contribution is 2.42. The van der Waals surface area contributed by atoms with Gasteiger partial charge in [0.2, 0.25) is 0 Å². The van der Waals surface area contributed by atoms with Gasteiger partial charge in [0.25, 0.3) is 11.8 Å². The van der Waals surface area contributed by atoms with E-state index < -0.39 is 11.8 Å². The number of carbonyl (C=O) groups excluding carboxylic acids is 2. The molecule has 4 rings (SSSR count). The van der Waals surface area contributed by atoms with E-state index in [1.54, 1.807) is 31.2 Å². The highest BCUT2D eigenvalue weighted by atomic mass is 35.5. The molecule has 0 saturated carbocycles. The Kier molecular flexibility index (Phi) is 5.24. The first-order chi connectivity index (χ1) is 13.9. The maximum Gasteiger partial charge on any atom is 0.270 e. The first kappa shape index (κ1) is 19.7. The summed E-state index contributed by atoms with van der Waals surface area (Å²) in [7, 11) is 0. The second-order valence-corrected chi connectivity index (χ2v) is 8.15. The monoisotopic (exact) mass is 447 g/mol. The molecule has 0 spiro atoms. The quantitative estimate of drug-likeness (QED) is 0.330. The number of halogens is 1. The van der Waals surface area contributed by atoms with Crippen LogP contribution in [0.2, 0.25) is 5.02 Å².